The predicted octanol–water partition coefficient (Wildman–Crippen LogP) is 0.865. The zero-order valence-electron chi connectivity index (χ0n) is 13.4. The van der Waals surface area contributed by atoms with Crippen LogP contribution in [0.25, 0.3) is 0 Å². The van der Waals surface area contributed by atoms with Crippen LogP contribution in [0.1, 0.15) is 11.1 Å². The van der Waals surface area contributed by atoms with Crippen molar-refractivity contribution < 1.29 is 19.4 Å². The molecule has 2 atom stereocenters. The van der Waals surface area contributed by atoms with Crippen LogP contribution in [0, 0.1) is 11.8 Å². The first-order valence-electron chi connectivity index (χ1n) is 7.57. The molecule has 1 aliphatic heterocycles. The molecular weight excluding hydrogens is 322 g/mol. The lowest BCUT2D eigenvalue weighted by Gasteiger charge is -2.16. The smallest absolute Gasteiger partial charge is 0.327 e. The van der Waals surface area contributed by atoms with Crippen molar-refractivity contribution in [2.24, 2.45) is 0 Å². The van der Waals surface area contributed by atoms with Crippen LogP contribution < -0.4 is 25.9 Å². The normalized spacial score (nSPS) is 18.9. The van der Waals surface area contributed by atoms with E-state index in [0.717, 1.165) is 16.9 Å². The molecule has 3 rings (SSSR count). The summed E-state index contributed by atoms with van der Waals surface area (Å²) in [5.74, 6) is 6.37. The van der Waals surface area contributed by atoms with Gasteiger partial charge in [-0.1, -0.05) is 24.0 Å². The third-order valence-electron chi connectivity index (χ3n) is 3.53. The minimum absolute atomic E-state index is 0.520. The SMILES string of the molecule is COc1cccc(C#Cc2cccc(OC3NNNC3C(=O)O)c2)c1. The van der Waals surface area contributed by atoms with E-state index in [1.165, 1.54) is 0 Å². The number of aliphatic carboxylic acids is 1. The van der Waals surface area contributed by atoms with E-state index in [1.54, 1.807) is 25.3 Å². The van der Waals surface area contributed by atoms with Crippen LogP contribution in [0.2, 0.25) is 0 Å². The van der Waals surface area contributed by atoms with Gasteiger partial charge in [-0.2, -0.15) is 5.53 Å². The number of benzene rings is 2. The van der Waals surface area contributed by atoms with E-state index in [-0.39, 0.29) is 0 Å². The Labute approximate surface area is 144 Å². The fourth-order valence-electron chi connectivity index (χ4n) is 2.28. The summed E-state index contributed by atoms with van der Waals surface area (Å²) in [6.45, 7) is 0. The molecule has 7 nitrogen and oxygen atoms in total. The second-order valence-corrected chi connectivity index (χ2v) is 5.28. The molecule has 0 aromatic heterocycles. The molecule has 0 saturated carbocycles. The van der Waals surface area contributed by atoms with Crippen molar-refractivity contribution >= 4 is 5.97 Å². The van der Waals surface area contributed by atoms with Crippen molar-refractivity contribution in [2.45, 2.75) is 12.3 Å². The molecule has 0 amide bonds. The molecule has 1 aliphatic rings. The van der Waals surface area contributed by atoms with Crippen LogP contribution in [0.4, 0.5) is 0 Å². The van der Waals surface area contributed by atoms with E-state index in [1.807, 2.05) is 30.3 Å². The Morgan fingerprint density at radius 2 is 1.68 bits per heavy atom. The Bertz CT molecular complexity index is 828. The molecule has 0 spiro atoms. The monoisotopic (exact) mass is 339 g/mol. The Kier molecular flexibility index (Phi) is 5.16. The van der Waals surface area contributed by atoms with Crippen molar-refractivity contribution in [1.29, 1.82) is 0 Å². The standard InChI is InChI=1S/C18H17N3O4/c1-24-14-6-2-4-12(10-14)8-9-13-5-3-7-15(11-13)25-17-16(18(22)23)19-21-20-17/h2-7,10-11,16-17,19-21H,1H3,(H,22,23). The van der Waals surface area contributed by atoms with Crippen LogP contribution in [-0.4, -0.2) is 30.5 Å². The summed E-state index contributed by atoms with van der Waals surface area (Å²) >= 11 is 0. The fourth-order valence-corrected chi connectivity index (χ4v) is 2.28. The average Bonchev–Trinajstić information content (AvgIpc) is 3.09. The first-order chi connectivity index (χ1) is 12.2. The average molecular weight is 339 g/mol. The van der Waals surface area contributed by atoms with Gasteiger partial charge in [0.15, 0.2) is 12.3 Å². The molecule has 25 heavy (non-hydrogen) atoms. The van der Waals surface area contributed by atoms with Gasteiger partial charge in [0.05, 0.1) is 7.11 Å². The highest BCUT2D eigenvalue weighted by atomic mass is 16.5. The van der Waals surface area contributed by atoms with Gasteiger partial charge in [0.25, 0.3) is 0 Å². The molecule has 1 saturated heterocycles. The number of hydrogen-bond acceptors (Lipinski definition) is 6. The van der Waals surface area contributed by atoms with E-state index in [2.05, 4.69) is 28.2 Å². The minimum Gasteiger partial charge on any atom is -0.497 e. The number of carbonyl (C=O) groups is 1. The summed E-state index contributed by atoms with van der Waals surface area (Å²) in [5, 5.41) is 9.11. The summed E-state index contributed by atoms with van der Waals surface area (Å²) in [6, 6.07) is 13.7. The Balaban J connectivity index is 1.74. The van der Waals surface area contributed by atoms with Crippen LogP contribution >= 0.6 is 0 Å². The van der Waals surface area contributed by atoms with E-state index < -0.39 is 18.2 Å². The van der Waals surface area contributed by atoms with Crippen molar-refractivity contribution in [3.05, 3.63) is 59.7 Å². The van der Waals surface area contributed by atoms with Crippen LogP contribution in [0.3, 0.4) is 0 Å². The number of carboxylic acids is 1. The summed E-state index contributed by atoms with van der Waals surface area (Å²) in [5.41, 5.74) is 9.43. The maximum Gasteiger partial charge on any atom is 0.327 e. The third kappa shape index (κ3) is 4.28. The number of nitrogens with one attached hydrogen (secondary N) is 3. The van der Waals surface area contributed by atoms with Crippen molar-refractivity contribution in [1.82, 2.24) is 16.4 Å². The minimum atomic E-state index is -1.02. The van der Waals surface area contributed by atoms with Gasteiger partial charge in [0.2, 0.25) is 0 Å². The molecular formula is C18H17N3O4. The van der Waals surface area contributed by atoms with Crippen molar-refractivity contribution in [2.75, 3.05) is 7.11 Å². The van der Waals surface area contributed by atoms with Gasteiger partial charge in [-0.3, -0.25) is 4.79 Å². The van der Waals surface area contributed by atoms with Gasteiger partial charge in [-0.25, -0.2) is 10.9 Å². The van der Waals surface area contributed by atoms with Crippen LogP contribution in [0.15, 0.2) is 48.5 Å². The lowest BCUT2D eigenvalue weighted by atomic mass is 10.1. The lowest BCUT2D eigenvalue weighted by molar-refractivity contribution is -0.141. The van der Waals surface area contributed by atoms with E-state index >= 15 is 0 Å². The fraction of sp³-hybridized carbons (Fsp3) is 0.167. The maximum atomic E-state index is 11.1. The first kappa shape index (κ1) is 16.8. The van der Waals surface area contributed by atoms with Gasteiger partial charge in [0.1, 0.15) is 11.5 Å². The van der Waals surface area contributed by atoms with E-state index in [9.17, 15) is 4.79 Å². The molecule has 128 valence electrons. The van der Waals surface area contributed by atoms with Gasteiger partial charge in [-0.05, 0) is 36.4 Å². The quantitative estimate of drug-likeness (QED) is 0.614. The number of carboxylic acid groups (broad SMARTS) is 1. The molecule has 4 N–H and O–H groups in total. The molecule has 2 aromatic carbocycles. The van der Waals surface area contributed by atoms with Gasteiger partial charge >= 0.3 is 5.97 Å². The van der Waals surface area contributed by atoms with Gasteiger partial charge in [-0.15, -0.1) is 0 Å². The number of hydrazine groups is 2. The van der Waals surface area contributed by atoms with E-state index in [4.69, 9.17) is 14.6 Å². The zero-order chi connectivity index (χ0) is 17.6. The summed E-state index contributed by atoms with van der Waals surface area (Å²) < 4.78 is 10.8. The zero-order valence-corrected chi connectivity index (χ0v) is 13.4. The molecule has 2 aromatic rings. The Hall–Kier alpha value is -3.05. The highest BCUT2D eigenvalue weighted by Crippen LogP contribution is 2.16. The van der Waals surface area contributed by atoms with Crippen LogP contribution in [0.5, 0.6) is 11.5 Å². The molecule has 7 heteroatoms. The second-order valence-electron chi connectivity index (χ2n) is 5.28. The summed E-state index contributed by atoms with van der Waals surface area (Å²) in [6.07, 6.45) is -0.737. The summed E-state index contributed by atoms with van der Waals surface area (Å²) in [7, 11) is 1.61. The highest BCUT2D eigenvalue weighted by molar-refractivity contribution is 5.74. The molecule has 0 bridgehead atoms. The van der Waals surface area contributed by atoms with Crippen molar-refractivity contribution in [3.63, 3.8) is 0 Å². The molecule has 1 fully saturated rings. The largest absolute Gasteiger partial charge is 0.497 e. The Morgan fingerprint density at radius 1 is 1.04 bits per heavy atom. The highest BCUT2D eigenvalue weighted by Gasteiger charge is 2.34. The molecule has 1 heterocycles. The number of methoxy groups -OCH3 is 1. The third-order valence-corrected chi connectivity index (χ3v) is 3.53. The molecule has 0 aliphatic carbocycles. The number of ether oxygens (including phenoxy) is 2. The van der Waals surface area contributed by atoms with Crippen molar-refractivity contribution in [3.8, 4) is 23.3 Å². The first-order valence-corrected chi connectivity index (χ1v) is 7.57. The lowest BCUT2D eigenvalue weighted by Crippen LogP contribution is -2.44. The predicted molar refractivity (Wildman–Crippen MR) is 90.7 cm³/mol. The molecule has 0 radical (unpaired) electrons. The van der Waals surface area contributed by atoms with Gasteiger partial charge in [0, 0.05) is 11.1 Å². The number of hydrogen-bond donors (Lipinski definition) is 4. The molecule has 2 unspecified atom stereocenters. The Morgan fingerprint density at radius 3 is 2.32 bits per heavy atom. The van der Waals surface area contributed by atoms with E-state index in [0.29, 0.717) is 5.75 Å². The number of rotatable bonds is 4. The topological polar surface area (TPSA) is 91.9 Å². The summed E-state index contributed by atoms with van der Waals surface area (Å²) in [4.78, 5) is 11.1. The second kappa shape index (κ2) is 7.68. The van der Waals surface area contributed by atoms with Gasteiger partial charge < -0.3 is 14.6 Å². The maximum absolute atomic E-state index is 11.1. The van der Waals surface area contributed by atoms with Crippen LogP contribution in [-0.2, 0) is 4.79 Å².